The van der Waals surface area contributed by atoms with Crippen LogP contribution >= 0.6 is 0 Å². The second-order valence-corrected chi connectivity index (χ2v) is 7.46. The molecule has 3 aromatic heterocycles. The third-order valence-corrected chi connectivity index (χ3v) is 5.28. The maximum absolute atomic E-state index is 12.8. The Bertz CT molecular complexity index is 1200. The average molecular weight is 415 g/mol. The number of hydrogen-bond donors (Lipinski definition) is 3. The molecule has 0 saturated carbocycles. The van der Waals surface area contributed by atoms with E-state index in [1.165, 1.54) is 6.33 Å². The molecule has 0 radical (unpaired) electrons. The van der Waals surface area contributed by atoms with Crippen LogP contribution in [-0.2, 0) is 6.54 Å². The van der Waals surface area contributed by atoms with Crippen LogP contribution in [0.25, 0.3) is 11.4 Å². The normalized spacial score (nSPS) is 17.3. The van der Waals surface area contributed by atoms with Gasteiger partial charge >= 0.3 is 0 Å². The van der Waals surface area contributed by atoms with Gasteiger partial charge in [0.25, 0.3) is 5.91 Å². The first kappa shape index (κ1) is 18.9. The van der Waals surface area contributed by atoms with Gasteiger partial charge < -0.3 is 15.6 Å². The molecule has 156 valence electrons. The second kappa shape index (κ2) is 7.98. The van der Waals surface area contributed by atoms with E-state index in [0.717, 1.165) is 23.5 Å². The molecular weight excluding hydrogens is 394 g/mol. The standard InChI is InChI=1S/C21H21N9O/c1-13-9-17(20-24-12-25-30(13)20)26-21(31)15-3-2-4-16(10-15)23-11-18-27-19(29-28-18)14-5-7-22-8-6-14/h2-8,10,12-13,17,23H,9,11H2,1H3,(H,26,31)(H,27,28,29). The molecule has 4 aromatic rings. The molecule has 0 bridgehead atoms. The summed E-state index contributed by atoms with van der Waals surface area (Å²) in [4.78, 5) is 24.3. The van der Waals surface area contributed by atoms with Gasteiger partial charge in [-0.15, -0.1) is 10.2 Å². The van der Waals surface area contributed by atoms with Gasteiger partial charge in [-0.25, -0.2) is 9.67 Å². The van der Waals surface area contributed by atoms with Crippen molar-refractivity contribution in [2.75, 3.05) is 5.32 Å². The van der Waals surface area contributed by atoms with E-state index < -0.39 is 0 Å². The molecular formula is C21H21N9O. The maximum Gasteiger partial charge on any atom is 0.251 e. The van der Waals surface area contributed by atoms with Gasteiger partial charge in [-0.3, -0.25) is 9.78 Å². The largest absolute Gasteiger partial charge is 0.378 e. The number of hydrogen-bond acceptors (Lipinski definition) is 7. The minimum Gasteiger partial charge on any atom is -0.378 e. The smallest absolute Gasteiger partial charge is 0.251 e. The summed E-state index contributed by atoms with van der Waals surface area (Å²) in [5, 5.41) is 18.9. The zero-order valence-electron chi connectivity index (χ0n) is 16.9. The molecule has 1 aromatic carbocycles. The second-order valence-electron chi connectivity index (χ2n) is 7.46. The monoisotopic (exact) mass is 415 g/mol. The summed E-state index contributed by atoms with van der Waals surface area (Å²) in [7, 11) is 0. The number of H-pyrrole nitrogens is 1. The number of nitrogens with zero attached hydrogens (tertiary/aromatic N) is 6. The zero-order chi connectivity index (χ0) is 21.2. The lowest BCUT2D eigenvalue weighted by Gasteiger charge is -2.12. The molecule has 5 rings (SSSR count). The summed E-state index contributed by atoms with van der Waals surface area (Å²) in [5.41, 5.74) is 2.31. The number of anilines is 1. The molecule has 3 N–H and O–H groups in total. The van der Waals surface area contributed by atoms with Crippen LogP contribution in [-0.4, -0.2) is 40.8 Å². The number of nitrogens with one attached hydrogen (secondary N) is 3. The third-order valence-electron chi connectivity index (χ3n) is 5.28. The minimum atomic E-state index is -0.142. The highest BCUT2D eigenvalue weighted by atomic mass is 16.1. The van der Waals surface area contributed by atoms with Crippen molar-refractivity contribution in [3.8, 4) is 11.4 Å². The van der Waals surface area contributed by atoms with Crippen molar-refractivity contribution in [2.24, 2.45) is 0 Å². The van der Waals surface area contributed by atoms with E-state index in [9.17, 15) is 4.79 Å². The SMILES string of the molecule is CC1CC(NC(=O)c2cccc(NCc3nnc(-c4ccncc4)[nH]3)c2)c2ncnn21. The summed E-state index contributed by atoms with van der Waals surface area (Å²) in [6.07, 6.45) is 5.73. The average Bonchev–Trinajstić information content (AvgIpc) is 3.53. The molecule has 0 saturated heterocycles. The number of rotatable bonds is 6. The fraction of sp³-hybridized carbons (Fsp3) is 0.238. The van der Waals surface area contributed by atoms with Crippen molar-refractivity contribution in [2.45, 2.75) is 32.0 Å². The Morgan fingerprint density at radius 1 is 1.23 bits per heavy atom. The Morgan fingerprint density at radius 3 is 2.97 bits per heavy atom. The highest BCUT2D eigenvalue weighted by Crippen LogP contribution is 2.31. The Hall–Kier alpha value is -4.08. The molecule has 1 aliphatic heterocycles. The van der Waals surface area contributed by atoms with Gasteiger partial charge in [0.15, 0.2) is 5.82 Å². The molecule has 31 heavy (non-hydrogen) atoms. The number of aromatic nitrogens is 7. The lowest BCUT2D eigenvalue weighted by atomic mass is 10.1. The first-order valence-electron chi connectivity index (χ1n) is 10.0. The summed E-state index contributed by atoms with van der Waals surface area (Å²) in [5.74, 6) is 2.04. The van der Waals surface area contributed by atoms with Crippen LogP contribution in [0.4, 0.5) is 5.69 Å². The van der Waals surface area contributed by atoms with E-state index in [2.05, 4.69) is 47.8 Å². The van der Waals surface area contributed by atoms with E-state index in [-0.39, 0.29) is 18.0 Å². The van der Waals surface area contributed by atoms with Gasteiger partial charge in [0, 0.05) is 29.2 Å². The first-order chi connectivity index (χ1) is 15.2. The van der Waals surface area contributed by atoms with Crippen molar-refractivity contribution < 1.29 is 4.79 Å². The number of carbonyl (C=O) groups is 1. The number of carbonyl (C=O) groups excluding carboxylic acids is 1. The van der Waals surface area contributed by atoms with Crippen molar-refractivity contribution in [3.05, 3.63) is 72.3 Å². The van der Waals surface area contributed by atoms with E-state index in [1.54, 1.807) is 18.5 Å². The van der Waals surface area contributed by atoms with Crippen molar-refractivity contribution in [1.82, 2.24) is 40.2 Å². The Morgan fingerprint density at radius 2 is 2.10 bits per heavy atom. The summed E-state index contributed by atoms with van der Waals surface area (Å²) >= 11 is 0. The highest BCUT2D eigenvalue weighted by Gasteiger charge is 2.31. The van der Waals surface area contributed by atoms with Crippen LogP contribution < -0.4 is 10.6 Å². The van der Waals surface area contributed by atoms with Gasteiger partial charge in [0.2, 0.25) is 0 Å². The maximum atomic E-state index is 12.8. The van der Waals surface area contributed by atoms with Crippen LogP contribution in [0.1, 0.15) is 47.4 Å². The predicted octanol–water partition coefficient (Wildman–Crippen LogP) is 2.51. The van der Waals surface area contributed by atoms with Crippen LogP contribution in [0.5, 0.6) is 0 Å². The van der Waals surface area contributed by atoms with Gasteiger partial charge in [-0.1, -0.05) is 6.07 Å². The molecule has 10 nitrogen and oxygen atoms in total. The van der Waals surface area contributed by atoms with Gasteiger partial charge in [-0.2, -0.15) is 5.10 Å². The number of aromatic amines is 1. The van der Waals surface area contributed by atoms with Crippen LogP contribution in [0.3, 0.4) is 0 Å². The number of fused-ring (bicyclic) bond motifs is 1. The van der Waals surface area contributed by atoms with E-state index in [1.807, 2.05) is 35.0 Å². The molecule has 1 amide bonds. The van der Waals surface area contributed by atoms with Crippen LogP contribution in [0.2, 0.25) is 0 Å². The molecule has 4 heterocycles. The zero-order valence-corrected chi connectivity index (χ0v) is 16.9. The van der Waals surface area contributed by atoms with Crippen LogP contribution in [0.15, 0.2) is 55.1 Å². The fourth-order valence-corrected chi connectivity index (χ4v) is 3.73. The molecule has 0 aliphatic carbocycles. The number of pyridine rings is 1. The fourth-order valence-electron chi connectivity index (χ4n) is 3.73. The molecule has 0 spiro atoms. The van der Waals surface area contributed by atoms with Gasteiger partial charge in [0.1, 0.15) is 18.0 Å². The first-order valence-corrected chi connectivity index (χ1v) is 10.0. The van der Waals surface area contributed by atoms with E-state index >= 15 is 0 Å². The summed E-state index contributed by atoms with van der Waals surface area (Å²) < 4.78 is 1.86. The quantitative estimate of drug-likeness (QED) is 0.442. The Balaban J connectivity index is 1.23. The Labute approximate surface area is 178 Å². The van der Waals surface area contributed by atoms with E-state index in [0.29, 0.717) is 23.8 Å². The summed E-state index contributed by atoms with van der Waals surface area (Å²) in [6.45, 7) is 2.52. The van der Waals surface area contributed by atoms with Crippen molar-refractivity contribution in [1.29, 1.82) is 0 Å². The molecule has 2 atom stereocenters. The Kier molecular flexibility index (Phi) is 4.87. The number of benzene rings is 1. The number of amides is 1. The van der Waals surface area contributed by atoms with Crippen molar-refractivity contribution >= 4 is 11.6 Å². The third kappa shape index (κ3) is 3.87. The lowest BCUT2D eigenvalue weighted by Crippen LogP contribution is -2.27. The molecule has 2 unspecified atom stereocenters. The molecule has 0 fully saturated rings. The van der Waals surface area contributed by atoms with Gasteiger partial charge in [-0.05, 0) is 43.7 Å². The molecule has 10 heteroatoms. The van der Waals surface area contributed by atoms with Crippen molar-refractivity contribution in [3.63, 3.8) is 0 Å². The highest BCUT2D eigenvalue weighted by molar-refractivity contribution is 5.95. The predicted molar refractivity (Wildman–Crippen MR) is 113 cm³/mol. The molecule has 1 aliphatic rings. The lowest BCUT2D eigenvalue weighted by molar-refractivity contribution is 0.0935. The minimum absolute atomic E-state index is 0.137. The topological polar surface area (TPSA) is 126 Å². The summed E-state index contributed by atoms with van der Waals surface area (Å²) in [6, 6.07) is 11.2. The van der Waals surface area contributed by atoms with E-state index in [4.69, 9.17) is 0 Å². The van der Waals surface area contributed by atoms with Crippen LogP contribution in [0, 0.1) is 0 Å². The van der Waals surface area contributed by atoms with Gasteiger partial charge in [0.05, 0.1) is 18.6 Å².